The number of carbonyl (C=O) groups excluding carboxylic acids is 3. The zero-order chi connectivity index (χ0) is 26.2. The van der Waals surface area contributed by atoms with Crippen LogP contribution in [0.15, 0.2) is 91.6 Å². The van der Waals surface area contributed by atoms with Crippen LogP contribution in [-0.2, 0) is 16.1 Å². The Morgan fingerprint density at radius 3 is 2.32 bits per heavy atom. The molecule has 0 radical (unpaired) electrons. The highest BCUT2D eigenvalue weighted by Crippen LogP contribution is 2.23. The molecule has 0 saturated heterocycles. The third-order valence-electron chi connectivity index (χ3n) is 5.34. The number of hydrogen-bond acceptors (Lipinski definition) is 6. The summed E-state index contributed by atoms with van der Waals surface area (Å²) in [6, 6.07) is 21.2. The summed E-state index contributed by atoms with van der Waals surface area (Å²) in [5.74, 6) is -1.08. The molecule has 0 fully saturated rings. The van der Waals surface area contributed by atoms with Gasteiger partial charge in [0.2, 0.25) is 5.91 Å². The van der Waals surface area contributed by atoms with Crippen molar-refractivity contribution >= 4 is 29.2 Å². The summed E-state index contributed by atoms with van der Waals surface area (Å²) in [6.45, 7) is 5.74. The molecule has 0 aliphatic heterocycles. The molecule has 0 aliphatic carbocycles. The molecular weight excluding hydrogens is 470 g/mol. The van der Waals surface area contributed by atoms with Gasteiger partial charge in [0.15, 0.2) is 0 Å². The second-order valence-electron chi connectivity index (χ2n) is 7.93. The van der Waals surface area contributed by atoms with E-state index in [1.165, 1.54) is 6.08 Å². The Hall–Kier alpha value is -5.05. The average molecular weight is 496 g/mol. The van der Waals surface area contributed by atoms with Crippen molar-refractivity contribution in [1.82, 2.24) is 14.8 Å². The van der Waals surface area contributed by atoms with Crippen LogP contribution in [0.25, 0.3) is 11.3 Å². The van der Waals surface area contributed by atoms with E-state index in [4.69, 9.17) is 4.74 Å². The molecule has 2 heterocycles. The maximum absolute atomic E-state index is 12.6. The molecule has 2 N–H and O–H groups in total. The molecular formula is C28H25N5O4. The fourth-order valence-corrected chi connectivity index (χ4v) is 3.52. The first-order valence-corrected chi connectivity index (χ1v) is 11.6. The maximum Gasteiger partial charge on any atom is 0.356 e. The quantitative estimate of drug-likeness (QED) is 0.260. The van der Waals surface area contributed by atoms with E-state index in [-0.39, 0.29) is 18.4 Å². The van der Waals surface area contributed by atoms with Crippen molar-refractivity contribution < 1.29 is 19.1 Å². The SMILES string of the molecule is C=CC(=O)Nc1ccc(Cn2nc(-c3ccc(NC(=O)c4ccccn4)cc3)cc2C(=O)OCC)cc1. The summed E-state index contributed by atoms with van der Waals surface area (Å²) in [4.78, 5) is 40.5. The van der Waals surface area contributed by atoms with E-state index in [0.717, 1.165) is 11.1 Å². The number of rotatable bonds is 9. The van der Waals surface area contributed by atoms with Gasteiger partial charge < -0.3 is 15.4 Å². The number of aromatic nitrogens is 3. The Morgan fingerprint density at radius 2 is 1.68 bits per heavy atom. The van der Waals surface area contributed by atoms with Gasteiger partial charge in [-0.25, -0.2) is 4.79 Å². The second kappa shape index (κ2) is 11.6. The van der Waals surface area contributed by atoms with Gasteiger partial charge in [-0.1, -0.05) is 36.9 Å². The Bertz CT molecular complexity index is 1410. The lowest BCUT2D eigenvalue weighted by Crippen LogP contribution is -2.14. The van der Waals surface area contributed by atoms with Gasteiger partial charge in [0.1, 0.15) is 11.4 Å². The van der Waals surface area contributed by atoms with Crippen molar-refractivity contribution in [1.29, 1.82) is 0 Å². The fourth-order valence-electron chi connectivity index (χ4n) is 3.52. The molecule has 2 aromatic heterocycles. The molecule has 0 spiro atoms. The zero-order valence-electron chi connectivity index (χ0n) is 20.2. The first-order chi connectivity index (χ1) is 18.0. The van der Waals surface area contributed by atoms with Crippen LogP contribution in [0, 0.1) is 0 Å². The van der Waals surface area contributed by atoms with Crippen molar-refractivity contribution in [2.24, 2.45) is 0 Å². The molecule has 0 unspecified atom stereocenters. The molecule has 2 aromatic carbocycles. The summed E-state index contributed by atoms with van der Waals surface area (Å²) in [5.41, 5.74) is 4.10. The molecule has 0 atom stereocenters. The third kappa shape index (κ3) is 6.34. The molecule has 37 heavy (non-hydrogen) atoms. The van der Waals surface area contributed by atoms with Crippen molar-refractivity contribution in [3.05, 3.63) is 109 Å². The van der Waals surface area contributed by atoms with Crippen molar-refractivity contribution in [3.8, 4) is 11.3 Å². The van der Waals surface area contributed by atoms with Crippen LogP contribution in [0.3, 0.4) is 0 Å². The van der Waals surface area contributed by atoms with E-state index < -0.39 is 5.97 Å². The highest BCUT2D eigenvalue weighted by Gasteiger charge is 2.18. The molecule has 4 rings (SSSR count). The standard InChI is InChI=1S/C28H25N5O4/c1-3-26(34)30-21-12-8-19(9-13-21)18-33-25(28(36)37-4-2)17-24(32-33)20-10-14-22(15-11-20)31-27(35)23-7-5-6-16-29-23/h3,5-17H,1,4,18H2,2H3,(H,30,34)(H,31,35). The van der Waals surface area contributed by atoms with Gasteiger partial charge in [-0.3, -0.25) is 19.3 Å². The highest BCUT2D eigenvalue weighted by atomic mass is 16.5. The molecule has 0 aliphatic rings. The van der Waals surface area contributed by atoms with Gasteiger partial charge in [0.05, 0.1) is 18.8 Å². The van der Waals surface area contributed by atoms with Crippen molar-refractivity contribution in [3.63, 3.8) is 0 Å². The number of nitrogens with one attached hydrogen (secondary N) is 2. The summed E-state index contributed by atoms with van der Waals surface area (Å²) in [7, 11) is 0. The van der Waals surface area contributed by atoms with E-state index in [9.17, 15) is 14.4 Å². The van der Waals surface area contributed by atoms with E-state index in [0.29, 0.717) is 35.0 Å². The molecule has 9 heteroatoms. The summed E-state index contributed by atoms with van der Waals surface area (Å²) in [5, 5.41) is 10.1. The molecule has 4 aromatic rings. The molecule has 186 valence electrons. The van der Waals surface area contributed by atoms with Gasteiger partial charge in [0, 0.05) is 23.1 Å². The van der Waals surface area contributed by atoms with Crippen molar-refractivity contribution in [2.75, 3.05) is 17.2 Å². The topological polar surface area (TPSA) is 115 Å². The lowest BCUT2D eigenvalue weighted by atomic mass is 10.1. The van der Waals surface area contributed by atoms with Crippen LogP contribution in [0.2, 0.25) is 0 Å². The Kier molecular flexibility index (Phi) is 7.85. The smallest absolute Gasteiger partial charge is 0.356 e. The van der Waals surface area contributed by atoms with Gasteiger partial charge >= 0.3 is 5.97 Å². The van der Waals surface area contributed by atoms with E-state index in [2.05, 4.69) is 27.3 Å². The minimum absolute atomic E-state index is 0.238. The van der Waals surface area contributed by atoms with Crippen LogP contribution >= 0.6 is 0 Å². The minimum atomic E-state index is -0.477. The number of hydrogen-bond donors (Lipinski definition) is 2. The number of pyridine rings is 1. The Balaban J connectivity index is 1.54. The lowest BCUT2D eigenvalue weighted by Gasteiger charge is -2.08. The largest absolute Gasteiger partial charge is 0.461 e. The fraction of sp³-hybridized carbons (Fsp3) is 0.107. The number of amides is 2. The Morgan fingerprint density at radius 1 is 0.973 bits per heavy atom. The maximum atomic E-state index is 12.6. The first kappa shape index (κ1) is 25.1. The number of anilines is 2. The van der Waals surface area contributed by atoms with Gasteiger partial charge in [0.25, 0.3) is 5.91 Å². The molecule has 9 nitrogen and oxygen atoms in total. The Labute approximate surface area is 213 Å². The van der Waals surface area contributed by atoms with Gasteiger partial charge in [-0.2, -0.15) is 5.10 Å². The predicted octanol–water partition coefficient (Wildman–Crippen LogP) is 4.55. The second-order valence-corrected chi connectivity index (χ2v) is 7.93. The van der Waals surface area contributed by atoms with Crippen LogP contribution in [-0.4, -0.2) is 39.2 Å². The number of carbonyl (C=O) groups is 3. The zero-order valence-corrected chi connectivity index (χ0v) is 20.2. The average Bonchev–Trinajstić information content (AvgIpc) is 3.34. The lowest BCUT2D eigenvalue weighted by molar-refractivity contribution is -0.111. The summed E-state index contributed by atoms with van der Waals surface area (Å²) >= 11 is 0. The summed E-state index contributed by atoms with van der Waals surface area (Å²) < 4.78 is 6.81. The number of ether oxygens (including phenoxy) is 1. The number of esters is 1. The van der Waals surface area contributed by atoms with E-state index >= 15 is 0 Å². The van der Waals surface area contributed by atoms with Gasteiger partial charge in [-0.05, 0) is 61.0 Å². The van der Waals surface area contributed by atoms with Crippen LogP contribution in [0.5, 0.6) is 0 Å². The first-order valence-electron chi connectivity index (χ1n) is 11.6. The minimum Gasteiger partial charge on any atom is -0.461 e. The molecule has 2 amide bonds. The molecule has 0 bridgehead atoms. The van der Waals surface area contributed by atoms with Crippen molar-refractivity contribution in [2.45, 2.75) is 13.5 Å². The predicted molar refractivity (Wildman–Crippen MR) is 140 cm³/mol. The van der Waals surface area contributed by atoms with E-state index in [1.807, 2.05) is 24.3 Å². The normalized spacial score (nSPS) is 10.4. The molecule has 0 saturated carbocycles. The summed E-state index contributed by atoms with van der Waals surface area (Å²) in [6.07, 6.45) is 2.76. The number of nitrogens with zero attached hydrogens (tertiary/aromatic N) is 3. The van der Waals surface area contributed by atoms with Gasteiger partial charge in [-0.15, -0.1) is 0 Å². The highest BCUT2D eigenvalue weighted by molar-refractivity contribution is 6.03. The van der Waals surface area contributed by atoms with Crippen LogP contribution in [0.1, 0.15) is 33.5 Å². The number of benzene rings is 2. The third-order valence-corrected chi connectivity index (χ3v) is 5.34. The monoisotopic (exact) mass is 495 g/mol. The van der Waals surface area contributed by atoms with Crippen LogP contribution in [0.4, 0.5) is 11.4 Å². The van der Waals surface area contributed by atoms with E-state index in [1.54, 1.807) is 66.3 Å². The van der Waals surface area contributed by atoms with Crippen LogP contribution < -0.4 is 10.6 Å².